The van der Waals surface area contributed by atoms with E-state index < -0.39 is 11.6 Å². The van der Waals surface area contributed by atoms with Gasteiger partial charge in [0.05, 0.1) is 10.2 Å². The molecule has 1 fully saturated rings. The van der Waals surface area contributed by atoms with Gasteiger partial charge in [0.2, 0.25) is 0 Å². The van der Waals surface area contributed by atoms with Gasteiger partial charge in [0.25, 0.3) is 0 Å². The summed E-state index contributed by atoms with van der Waals surface area (Å²) in [6.07, 6.45) is 0. The van der Waals surface area contributed by atoms with Crippen LogP contribution in [-0.4, -0.2) is 25.2 Å². The molecule has 0 spiro atoms. The molecule has 0 aliphatic carbocycles. The van der Waals surface area contributed by atoms with Crippen molar-refractivity contribution in [3.63, 3.8) is 0 Å². The number of hydrogen-bond donors (Lipinski definition) is 1. The van der Waals surface area contributed by atoms with Gasteiger partial charge in [-0.25, -0.2) is 8.78 Å². The maximum absolute atomic E-state index is 13.8. The number of piperazine rings is 1. The molecule has 0 saturated carbocycles. The second-order valence-corrected chi connectivity index (χ2v) is 5.80. The van der Waals surface area contributed by atoms with Crippen molar-refractivity contribution in [3.8, 4) is 0 Å². The SMILES string of the molecule is CC1(C)CN(c2cc(F)c(Br)cc2F)CCN1. The van der Waals surface area contributed by atoms with Crippen molar-refractivity contribution in [2.24, 2.45) is 0 Å². The fourth-order valence-corrected chi connectivity index (χ4v) is 2.42. The molecule has 1 aliphatic rings. The van der Waals surface area contributed by atoms with Crippen molar-refractivity contribution in [3.05, 3.63) is 28.2 Å². The average Bonchev–Trinajstić information content (AvgIpc) is 2.22. The van der Waals surface area contributed by atoms with E-state index in [-0.39, 0.29) is 10.0 Å². The van der Waals surface area contributed by atoms with E-state index in [4.69, 9.17) is 0 Å². The Morgan fingerprint density at radius 3 is 2.65 bits per heavy atom. The van der Waals surface area contributed by atoms with Crippen molar-refractivity contribution in [2.45, 2.75) is 19.4 Å². The Morgan fingerprint density at radius 1 is 1.29 bits per heavy atom. The molecule has 2 rings (SSSR count). The molecule has 2 nitrogen and oxygen atoms in total. The van der Waals surface area contributed by atoms with Crippen molar-refractivity contribution >= 4 is 21.6 Å². The number of halogens is 3. The summed E-state index contributed by atoms with van der Waals surface area (Å²) in [6, 6.07) is 2.43. The molecule has 0 unspecified atom stereocenters. The van der Waals surface area contributed by atoms with Crippen molar-refractivity contribution < 1.29 is 8.78 Å². The molecular formula is C12H15BrF2N2. The van der Waals surface area contributed by atoms with E-state index in [1.807, 2.05) is 18.7 Å². The Kier molecular flexibility index (Phi) is 3.41. The van der Waals surface area contributed by atoms with E-state index in [0.717, 1.165) is 6.54 Å². The van der Waals surface area contributed by atoms with Crippen LogP contribution in [0.2, 0.25) is 0 Å². The lowest BCUT2D eigenvalue weighted by molar-refractivity contribution is 0.351. The largest absolute Gasteiger partial charge is 0.366 e. The van der Waals surface area contributed by atoms with Gasteiger partial charge < -0.3 is 10.2 Å². The molecule has 5 heteroatoms. The quantitative estimate of drug-likeness (QED) is 0.803. The third-order valence-corrected chi connectivity index (χ3v) is 3.51. The lowest BCUT2D eigenvalue weighted by Gasteiger charge is -2.40. The highest BCUT2D eigenvalue weighted by atomic mass is 79.9. The number of anilines is 1. The first-order valence-corrected chi connectivity index (χ1v) is 6.33. The Hall–Kier alpha value is -0.680. The van der Waals surface area contributed by atoms with Crippen LogP contribution in [0.1, 0.15) is 13.8 Å². The Labute approximate surface area is 108 Å². The smallest absolute Gasteiger partial charge is 0.147 e. The zero-order chi connectivity index (χ0) is 12.6. The first-order chi connectivity index (χ1) is 7.89. The van der Waals surface area contributed by atoms with E-state index in [2.05, 4.69) is 21.2 Å². The summed E-state index contributed by atoms with van der Waals surface area (Å²) < 4.78 is 27.4. The molecule has 1 saturated heterocycles. The van der Waals surface area contributed by atoms with Crippen LogP contribution < -0.4 is 10.2 Å². The highest BCUT2D eigenvalue weighted by molar-refractivity contribution is 9.10. The number of rotatable bonds is 1. The fraction of sp³-hybridized carbons (Fsp3) is 0.500. The second-order valence-electron chi connectivity index (χ2n) is 4.95. The Balaban J connectivity index is 2.31. The van der Waals surface area contributed by atoms with E-state index in [1.54, 1.807) is 0 Å². The number of benzene rings is 1. The minimum Gasteiger partial charge on any atom is -0.366 e. The molecule has 1 aromatic rings. The van der Waals surface area contributed by atoms with Crippen molar-refractivity contribution in [2.75, 3.05) is 24.5 Å². The van der Waals surface area contributed by atoms with Gasteiger partial charge in [-0.15, -0.1) is 0 Å². The van der Waals surface area contributed by atoms with Crippen LogP contribution >= 0.6 is 15.9 Å². The normalized spacial score (nSPS) is 19.5. The minimum atomic E-state index is -0.433. The predicted molar refractivity (Wildman–Crippen MR) is 68.4 cm³/mol. The molecule has 1 aromatic carbocycles. The van der Waals surface area contributed by atoms with Gasteiger partial charge in [-0.2, -0.15) is 0 Å². The fourth-order valence-electron chi connectivity index (χ4n) is 2.10. The second kappa shape index (κ2) is 4.53. The van der Waals surface area contributed by atoms with Crippen LogP contribution in [-0.2, 0) is 0 Å². The first kappa shape index (κ1) is 12.8. The summed E-state index contributed by atoms with van der Waals surface area (Å²) in [7, 11) is 0. The molecule has 0 aromatic heterocycles. The molecule has 1 N–H and O–H groups in total. The lowest BCUT2D eigenvalue weighted by atomic mass is 10.0. The first-order valence-electron chi connectivity index (χ1n) is 5.53. The molecular weight excluding hydrogens is 290 g/mol. The van der Waals surface area contributed by atoms with Crippen molar-refractivity contribution in [1.29, 1.82) is 0 Å². The van der Waals surface area contributed by atoms with Gasteiger partial charge in [-0.3, -0.25) is 0 Å². The zero-order valence-electron chi connectivity index (χ0n) is 9.86. The Bertz CT molecular complexity index is 435. The number of nitrogens with zero attached hydrogens (tertiary/aromatic N) is 1. The topological polar surface area (TPSA) is 15.3 Å². The lowest BCUT2D eigenvalue weighted by Crippen LogP contribution is -2.57. The third-order valence-electron chi connectivity index (χ3n) is 2.90. The summed E-state index contributed by atoms with van der Waals surface area (Å²) in [5.41, 5.74) is 0.245. The van der Waals surface area contributed by atoms with E-state index in [1.165, 1.54) is 12.1 Å². The molecule has 0 bridgehead atoms. The monoisotopic (exact) mass is 304 g/mol. The maximum Gasteiger partial charge on any atom is 0.147 e. The summed E-state index contributed by atoms with van der Waals surface area (Å²) in [6.45, 7) is 6.20. The van der Waals surface area contributed by atoms with E-state index in [0.29, 0.717) is 18.8 Å². The summed E-state index contributed by atoms with van der Waals surface area (Å²) in [4.78, 5) is 1.88. The highest BCUT2D eigenvalue weighted by Gasteiger charge is 2.27. The van der Waals surface area contributed by atoms with E-state index in [9.17, 15) is 8.78 Å². The molecule has 1 aliphatic heterocycles. The molecule has 1 heterocycles. The van der Waals surface area contributed by atoms with Gasteiger partial charge in [-0.1, -0.05) is 0 Å². The highest BCUT2D eigenvalue weighted by Crippen LogP contribution is 2.28. The van der Waals surface area contributed by atoms with Crippen LogP contribution in [0.3, 0.4) is 0 Å². The van der Waals surface area contributed by atoms with Crippen LogP contribution in [0.25, 0.3) is 0 Å². The van der Waals surface area contributed by atoms with Crippen LogP contribution in [0.5, 0.6) is 0 Å². The number of hydrogen-bond acceptors (Lipinski definition) is 2. The van der Waals surface area contributed by atoms with Gasteiger partial charge >= 0.3 is 0 Å². The van der Waals surface area contributed by atoms with E-state index >= 15 is 0 Å². The minimum absolute atomic E-state index is 0.0890. The van der Waals surface area contributed by atoms with Gasteiger partial charge in [0.1, 0.15) is 11.6 Å². The van der Waals surface area contributed by atoms with Gasteiger partial charge in [0.15, 0.2) is 0 Å². The average molecular weight is 305 g/mol. The third kappa shape index (κ3) is 2.77. The molecule has 17 heavy (non-hydrogen) atoms. The molecule has 0 radical (unpaired) electrons. The molecule has 0 amide bonds. The molecule has 0 atom stereocenters. The van der Waals surface area contributed by atoms with Crippen LogP contribution in [0.15, 0.2) is 16.6 Å². The Morgan fingerprint density at radius 2 is 2.00 bits per heavy atom. The summed E-state index contributed by atoms with van der Waals surface area (Å²) >= 11 is 2.98. The summed E-state index contributed by atoms with van der Waals surface area (Å²) in [5, 5.41) is 3.34. The van der Waals surface area contributed by atoms with Crippen LogP contribution in [0.4, 0.5) is 14.5 Å². The van der Waals surface area contributed by atoms with Crippen molar-refractivity contribution in [1.82, 2.24) is 5.32 Å². The van der Waals surface area contributed by atoms with Gasteiger partial charge in [-0.05, 0) is 35.8 Å². The van der Waals surface area contributed by atoms with Gasteiger partial charge in [0, 0.05) is 31.2 Å². The maximum atomic E-state index is 13.8. The number of nitrogens with one attached hydrogen (secondary N) is 1. The zero-order valence-corrected chi connectivity index (χ0v) is 11.4. The molecule has 94 valence electrons. The van der Waals surface area contributed by atoms with Crippen LogP contribution in [0, 0.1) is 11.6 Å². The standard InChI is InChI=1S/C12H15BrF2N2/c1-12(2)7-17(4-3-16-12)11-6-9(14)8(13)5-10(11)15/h5-6,16H,3-4,7H2,1-2H3. The summed E-state index contributed by atoms with van der Waals surface area (Å²) in [5.74, 6) is -0.825. The predicted octanol–water partition coefficient (Wildman–Crippen LogP) is 2.92.